The largest absolute Gasteiger partial charge is 0.357 e. The number of aliphatic imine (C=N–C) groups is 1. The van der Waals surface area contributed by atoms with Crippen LogP contribution in [0.15, 0.2) is 29.4 Å². The summed E-state index contributed by atoms with van der Waals surface area (Å²) in [6.07, 6.45) is 4.13. The minimum Gasteiger partial charge on any atom is -0.357 e. The van der Waals surface area contributed by atoms with E-state index in [-0.39, 0.29) is 24.0 Å². The van der Waals surface area contributed by atoms with Crippen molar-refractivity contribution in [1.82, 2.24) is 15.6 Å². The van der Waals surface area contributed by atoms with E-state index in [2.05, 4.69) is 55.2 Å². The van der Waals surface area contributed by atoms with Crippen LogP contribution < -0.4 is 10.6 Å². The number of guanidine groups is 1. The van der Waals surface area contributed by atoms with Crippen LogP contribution in [-0.4, -0.2) is 23.5 Å². The number of nitrogens with zero attached hydrogens (tertiary/aromatic N) is 2. The van der Waals surface area contributed by atoms with Crippen LogP contribution in [0, 0.1) is 5.41 Å². The Morgan fingerprint density at radius 2 is 2.05 bits per heavy atom. The summed E-state index contributed by atoms with van der Waals surface area (Å²) < 4.78 is 0. The number of rotatable bonds is 6. The highest BCUT2D eigenvalue weighted by Gasteiger charge is 2.13. The maximum absolute atomic E-state index is 4.60. The van der Waals surface area contributed by atoms with Gasteiger partial charge in [-0.05, 0) is 44.2 Å². The van der Waals surface area contributed by atoms with Crippen LogP contribution in [0.2, 0.25) is 0 Å². The summed E-state index contributed by atoms with van der Waals surface area (Å²) in [4.78, 5) is 8.90. The van der Waals surface area contributed by atoms with Gasteiger partial charge in [0, 0.05) is 18.8 Å². The first-order valence-corrected chi connectivity index (χ1v) is 7.85. The third kappa shape index (κ3) is 9.97. The highest BCUT2D eigenvalue weighted by molar-refractivity contribution is 14.0. The molecule has 0 saturated heterocycles. The minimum atomic E-state index is 0. The molecule has 0 fully saturated rings. The van der Waals surface area contributed by atoms with E-state index in [1.165, 1.54) is 6.42 Å². The summed E-state index contributed by atoms with van der Waals surface area (Å²) in [5.41, 5.74) is 1.36. The van der Waals surface area contributed by atoms with Gasteiger partial charge in [-0.15, -0.1) is 24.0 Å². The lowest BCUT2D eigenvalue weighted by atomic mass is 9.89. The van der Waals surface area contributed by atoms with Crippen molar-refractivity contribution >= 4 is 29.9 Å². The quantitative estimate of drug-likeness (QED) is 0.418. The Kier molecular flexibility index (Phi) is 10.4. The summed E-state index contributed by atoms with van der Waals surface area (Å²) in [6.45, 7) is 12.6. The Labute approximate surface area is 152 Å². The molecule has 4 nitrogen and oxygen atoms in total. The van der Waals surface area contributed by atoms with Crippen LogP contribution in [0.25, 0.3) is 0 Å². The van der Waals surface area contributed by atoms with Gasteiger partial charge in [-0.25, -0.2) is 4.99 Å². The zero-order valence-electron chi connectivity index (χ0n) is 14.5. The van der Waals surface area contributed by atoms with Crippen LogP contribution in [0.4, 0.5) is 0 Å². The molecule has 0 bridgehead atoms. The second kappa shape index (κ2) is 10.8. The van der Waals surface area contributed by atoms with Gasteiger partial charge in [0.2, 0.25) is 0 Å². The second-order valence-electron chi connectivity index (χ2n) is 6.66. The zero-order valence-corrected chi connectivity index (χ0v) is 16.8. The van der Waals surface area contributed by atoms with Crippen LogP contribution in [0.1, 0.15) is 53.2 Å². The van der Waals surface area contributed by atoms with Crippen molar-refractivity contribution in [3.63, 3.8) is 0 Å². The molecule has 1 aromatic heterocycles. The highest BCUT2D eigenvalue weighted by atomic mass is 127. The number of hydrogen-bond acceptors (Lipinski definition) is 2. The molecule has 1 rings (SSSR count). The molecule has 22 heavy (non-hydrogen) atoms. The maximum Gasteiger partial charge on any atom is 0.191 e. The molecule has 1 heterocycles. The predicted octanol–water partition coefficient (Wildman–Crippen LogP) is 3.97. The summed E-state index contributed by atoms with van der Waals surface area (Å²) in [5.74, 6) is 0.865. The normalized spacial score (nSPS) is 13.2. The topological polar surface area (TPSA) is 49.3 Å². The molecule has 0 radical (unpaired) electrons. The van der Waals surface area contributed by atoms with Gasteiger partial charge < -0.3 is 10.6 Å². The van der Waals surface area contributed by atoms with Crippen LogP contribution in [0.5, 0.6) is 0 Å². The van der Waals surface area contributed by atoms with E-state index in [4.69, 9.17) is 0 Å². The molecule has 0 aliphatic carbocycles. The number of aromatic nitrogens is 1. The van der Waals surface area contributed by atoms with Gasteiger partial charge >= 0.3 is 0 Å². The highest BCUT2D eigenvalue weighted by Crippen LogP contribution is 2.21. The summed E-state index contributed by atoms with van der Waals surface area (Å²) in [7, 11) is 0. The van der Waals surface area contributed by atoms with Crippen molar-refractivity contribution in [2.24, 2.45) is 10.4 Å². The van der Waals surface area contributed by atoms with Gasteiger partial charge in [0.15, 0.2) is 5.96 Å². The van der Waals surface area contributed by atoms with E-state index in [1.54, 1.807) is 6.20 Å². The maximum atomic E-state index is 4.60. The Balaban J connectivity index is 0.00000441. The molecular weight excluding hydrogens is 387 g/mol. The number of halogens is 1. The van der Waals surface area contributed by atoms with Crippen molar-refractivity contribution in [1.29, 1.82) is 0 Å². The fourth-order valence-corrected chi connectivity index (χ4v) is 1.93. The third-order valence-electron chi connectivity index (χ3n) is 3.18. The molecule has 0 saturated carbocycles. The third-order valence-corrected chi connectivity index (χ3v) is 3.18. The molecule has 0 aromatic carbocycles. The van der Waals surface area contributed by atoms with Crippen LogP contribution in [-0.2, 0) is 6.54 Å². The lowest BCUT2D eigenvalue weighted by Gasteiger charge is -2.23. The number of nitrogens with one attached hydrogen (secondary N) is 2. The van der Waals surface area contributed by atoms with E-state index in [0.29, 0.717) is 18.0 Å². The minimum absolute atomic E-state index is 0. The molecule has 2 N–H and O–H groups in total. The van der Waals surface area contributed by atoms with Crippen molar-refractivity contribution in [2.45, 2.75) is 60.0 Å². The molecule has 1 unspecified atom stereocenters. The first-order valence-electron chi connectivity index (χ1n) is 7.85. The van der Waals surface area contributed by atoms with Crippen molar-refractivity contribution in [2.75, 3.05) is 6.54 Å². The fraction of sp³-hybridized carbons (Fsp3) is 0.647. The molecule has 126 valence electrons. The van der Waals surface area contributed by atoms with Crippen molar-refractivity contribution in [3.05, 3.63) is 30.1 Å². The number of hydrogen-bond donors (Lipinski definition) is 2. The fourth-order valence-electron chi connectivity index (χ4n) is 1.93. The van der Waals surface area contributed by atoms with Crippen molar-refractivity contribution in [3.8, 4) is 0 Å². The van der Waals surface area contributed by atoms with Gasteiger partial charge in [0.1, 0.15) is 0 Å². The Bertz CT molecular complexity index is 426. The SMILES string of the molecule is CCNC(=NCc1ccccn1)NC(C)CCC(C)(C)C.I. The second-order valence-corrected chi connectivity index (χ2v) is 6.66. The summed E-state index contributed by atoms with van der Waals surface area (Å²) in [6, 6.07) is 6.32. The zero-order chi connectivity index (χ0) is 15.7. The van der Waals surface area contributed by atoms with Gasteiger partial charge in [0.05, 0.1) is 12.2 Å². The lowest BCUT2D eigenvalue weighted by molar-refractivity contribution is 0.346. The monoisotopic (exact) mass is 418 g/mol. The van der Waals surface area contributed by atoms with Crippen molar-refractivity contribution < 1.29 is 0 Å². The molecule has 1 aromatic rings. The average molecular weight is 418 g/mol. The number of pyridine rings is 1. The van der Waals surface area contributed by atoms with Gasteiger partial charge in [-0.2, -0.15) is 0 Å². The molecule has 0 spiro atoms. The van der Waals surface area contributed by atoms with E-state index < -0.39 is 0 Å². The molecule has 1 atom stereocenters. The Morgan fingerprint density at radius 3 is 2.59 bits per heavy atom. The molecule has 0 aliphatic rings. The van der Waals surface area contributed by atoms with Gasteiger partial charge in [-0.3, -0.25) is 4.98 Å². The Morgan fingerprint density at radius 1 is 1.32 bits per heavy atom. The van der Waals surface area contributed by atoms with E-state index in [0.717, 1.165) is 24.6 Å². The van der Waals surface area contributed by atoms with E-state index in [1.807, 2.05) is 18.2 Å². The van der Waals surface area contributed by atoms with Gasteiger partial charge in [0.25, 0.3) is 0 Å². The molecule has 0 amide bonds. The standard InChI is InChI=1S/C17H30N4.HI/c1-6-18-16(20-13-15-9-7-8-12-19-15)21-14(2)10-11-17(3,4)5;/h7-9,12,14H,6,10-11,13H2,1-5H3,(H2,18,20,21);1H. The van der Waals surface area contributed by atoms with Crippen LogP contribution >= 0.6 is 24.0 Å². The molecular formula is C17H31IN4. The summed E-state index contributed by atoms with van der Waals surface area (Å²) in [5, 5.41) is 6.76. The van der Waals surface area contributed by atoms with Gasteiger partial charge in [-0.1, -0.05) is 26.8 Å². The molecule has 5 heteroatoms. The lowest BCUT2D eigenvalue weighted by Crippen LogP contribution is -2.42. The first-order chi connectivity index (χ1) is 9.90. The first kappa shape index (κ1) is 21.1. The van der Waals surface area contributed by atoms with Crippen LogP contribution in [0.3, 0.4) is 0 Å². The smallest absolute Gasteiger partial charge is 0.191 e. The van der Waals surface area contributed by atoms with E-state index in [9.17, 15) is 0 Å². The Hall–Kier alpha value is -0.850. The predicted molar refractivity (Wildman–Crippen MR) is 106 cm³/mol. The summed E-state index contributed by atoms with van der Waals surface area (Å²) >= 11 is 0. The average Bonchev–Trinajstić information content (AvgIpc) is 2.43. The molecule has 0 aliphatic heterocycles. The van der Waals surface area contributed by atoms with E-state index >= 15 is 0 Å².